The molecule has 520 valence electrons. The highest BCUT2D eigenvalue weighted by Gasteiger charge is 2.34. The predicted molar refractivity (Wildman–Crippen MR) is 349 cm³/mol. The Labute approximate surface area is 533 Å². The normalized spacial score (nSPS) is 14.1. The Bertz CT molecular complexity index is 2140. The van der Waals surface area contributed by atoms with Crippen molar-refractivity contribution in [3.05, 3.63) is 0 Å². The summed E-state index contributed by atoms with van der Waals surface area (Å²) < 4.78 is 0. The number of hydrogen-bond donors (Lipinski definition) is 19. The molecule has 0 fully saturated rings. The molecule has 0 bridgehead atoms. The van der Waals surface area contributed by atoms with E-state index < -0.39 is 100 Å². The lowest BCUT2D eigenvalue weighted by Crippen LogP contribution is -2.59. The van der Waals surface area contributed by atoms with Gasteiger partial charge in [-0.15, -0.1) is 0 Å². The van der Waals surface area contributed by atoms with Gasteiger partial charge in [-0.05, 0) is 196 Å². The van der Waals surface area contributed by atoms with Gasteiger partial charge in [-0.2, -0.15) is 0 Å². The van der Waals surface area contributed by atoms with Crippen LogP contribution in [0.5, 0.6) is 0 Å². The van der Waals surface area contributed by atoms with Crippen molar-refractivity contribution in [3.8, 4) is 0 Å². The maximum absolute atomic E-state index is 14.4. The third kappa shape index (κ3) is 37.2. The van der Waals surface area contributed by atoms with Crippen LogP contribution in [0.2, 0.25) is 0 Å². The first-order chi connectivity index (χ1) is 42.8. The van der Waals surface area contributed by atoms with Gasteiger partial charge in [0, 0.05) is 59.2 Å². The van der Waals surface area contributed by atoms with E-state index in [0.717, 1.165) is 0 Å². The zero-order valence-corrected chi connectivity index (χ0v) is 55.2. The number of nitrogens with one attached hydrogen (secondary N) is 11. The van der Waals surface area contributed by atoms with Crippen molar-refractivity contribution in [2.24, 2.45) is 44.7 Å². The van der Waals surface area contributed by atoms with E-state index in [4.69, 9.17) is 34.4 Å². The van der Waals surface area contributed by atoms with Crippen LogP contribution < -0.4 is 92.9 Å². The zero-order valence-electron chi connectivity index (χ0n) is 55.2. The molecule has 90 heavy (non-hydrogen) atoms. The fourth-order valence-corrected chi connectivity index (χ4v) is 9.14. The second-order valence-electron chi connectivity index (χ2n) is 23.7. The monoisotopic (exact) mass is 1280 g/mol. The van der Waals surface area contributed by atoms with Crippen LogP contribution in [-0.4, -0.2) is 219 Å². The number of unbranched alkanes of at least 4 members (excludes halogenated alkanes) is 6. The van der Waals surface area contributed by atoms with E-state index in [2.05, 4.69) is 73.7 Å². The van der Waals surface area contributed by atoms with E-state index in [1.54, 1.807) is 13.8 Å². The molecule has 0 heterocycles. The Balaban J connectivity index is 6.53. The lowest BCUT2D eigenvalue weighted by atomic mass is 9.99. The van der Waals surface area contributed by atoms with E-state index in [1.165, 1.54) is 7.05 Å². The fourth-order valence-electron chi connectivity index (χ4n) is 9.14. The minimum atomic E-state index is -1.23. The first kappa shape index (κ1) is 83.8. The summed E-state index contributed by atoms with van der Waals surface area (Å²) in [6.07, 6.45) is 5.92. The average molecular weight is 1280 g/mol. The van der Waals surface area contributed by atoms with Crippen molar-refractivity contribution in [3.63, 3.8) is 0 Å². The molecule has 0 aromatic carbocycles. The second-order valence-corrected chi connectivity index (χ2v) is 23.7. The molecule has 0 aromatic rings. The Hall–Kier alpha value is -6.19. The van der Waals surface area contributed by atoms with Crippen molar-refractivity contribution >= 4 is 64.6 Å². The second kappa shape index (κ2) is 49.5. The lowest BCUT2D eigenvalue weighted by molar-refractivity contribution is -0.136. The summed E-state index contributed by atoms with van der Waals surface area (Å²) in [6, 6.07) is -7.04. The quantitative estimate of drug-likeness (QED) is 0.0126. The Morgan fingerprint density at radius 1 is 0.389 bits per heavy atom. The highest BCUT2D eigenvalue weighted by atomic mass is 16.4. The smallest absolute Gasteiger partial charge is 0.243 e. The lowest BCUT2D eigenvalue weighted by Gasteiger charge is -2.30. The zero-order chi connectivity index (χ0) is 67.9. The van der Waals surface area contributed by atoms with E-state index >= 15 is 0 Å². The SMILES string of the molecule is CNC(=O)CNC(=O)[C@H](CCCCN)NC(=O)[C@H](CCCCN)NC(=O)[C@H](CCCCN)NC(=O)[C@H](CCCCN)NC(=O)[C@H](CCCCN)NC(=O)[C@H](CCCCN)NC(=O)CCC(=O)NCCN(CCNC(C)(C)/C(C)=N\O)CCNC(C)(C)/C(C)=N\O. The summed E-state index contributed by atoms with van der Waals surface area (Å²) >= 11 is 0. The van der Waals surface area contributed by atoms with Crippen LogP contribution in [0.3, 0.4) is 0 Å². The molecular weight excluding hydrogens is 1160 g/mol. The van der Waals surface area contributed by atoms with Gasteiger partial charge in [0.25, 0.3) is 0 Å². The topological polar surface area (TPSA) is 510 Å². The third-order valence-electron chi connectivity index (χ3n) is 15.6. The fraction of sp³-hybridized carbons (Fsp3) is 0.814. The van der Waals surface area contributed by atoms with Crippen LogP contribution >= 0.6 is 0 Å². The number of hydrogen-bond acceptors (Lipinski definition) is 22. The summed E-state index contributed by atoms with van der Waals surface area (Å²) in [5.41, 5.74) is 34.6. The minimum absolute atomic E-state index is 0.0898. The van der Waals surface area contributed by atoms with Crippen LogP contribution in [0.1, 0.15) is 170 Å². The van der Waals surface area contributed by atoms with Gasteiger partial charge in [-0.1, -0.05) is 10.3 Å². The molecule has 25 N–H and O–H groups in total. The van der Waals surface area contributed by atoms with Crippen molar-refractivity contribution in [1.82, 2.24) is 63.4 Å². The van der Waals surface area contributed by atoms with Gasteiger partial charge in [-0.25, -0.2) is 0 Å². The van der Waals surface area contributed by atoms with Crippen molar-refractivity contribution in [2.45, 2.75) is 217 Å². The number of nitrogens with two attached hydrogens (primary N) is 6. The Kier molecular flexibility index (Phi) is 46.1. The molecule has 0 aliphatic heterocycles. The highest BCUT2D eigenvalue weighted by molar-refractivity contribution is 5.98. The summed E-state index contributed by atoms with van der Waals surface area (Å²) in [7, 11) is 1.42. The van der Waals surface area contributed by atoms with E-state index in [9.17, 15) is 53.6 Å². The number of oxime groups is 2. The average Bonchev–Trinajstić information content (AvgIpc) is 2.47. The van der Waals surface area contributed by atoms with Gasteiger partial charge in [0.1, 0.15) is 36.3 Å². The molecule has 0 unspecified atom stereocenters. The molecule has 0 saturated carbocycles. The van der Waals surface area contributed by atoms with Crippen molar-refractivity contribution < 1.29 is 53.6 Å². The summed E-state index contributed by atoms with van der Waals surface area (Å²) in [5.74, 6) is -5.52. The maximum Gasteiger partial charge on any atom is 0.243 e. The molecule has 0 aliphatic rings. The van der Waals surface area contributed by atoms with Gasteiger partial charge in [0.2, 0.25) is 53.2 Å². The number of likely N-dealkylation sites (N-methyl/N-ethyl adjacent to an activating group) is 1. The largest absolute Gasteiger partial charge is 0.411 e. The molecule has 0 aliphatic carbocycles. The van der Waals surface area contributed by atoms with Gasteiger partial charge in [-0.3, -0.25) is 48.1 Å². The molecule has 0 aromatic heterocycles. The molecule has 6 atom stereocenters. The van der Waals surface area contributed by atoms with Crippen LogP contribution in [0.25, 0.3) is 0 Å². The molecule has 0 saturated heterocycles. The highest BCUT2D eigenvalue weighted by Crippen LogP contribution is 2.13. The van der Waals surface area contributed by atoms with E-state index in [-0.39, 0.29) is 77.5 Å². The summed E-state index contributed by atoms with van der Waals surface area (Å²) in [6.45, 7) is 15.4. The van der Waals surface area contributed by atoms with Gasteiger partial charge in [0.05, 0.1) is 29.0 Å². The summed E-state index contributed by atoms with van der Waals surface area (Å²) in [5, 5.41) is 56.6. The van der Waals surface area contributed by atoms with Crippen LogP contribution in [0.4, 0.5) is 0 Å². The number of nitrogens with zero attached hydrogens (tertiary/aromatic N) is 3. The van der Waals surface area contributed by atoms with Crippen LogP contribution in [0, 0.1) is 0 Å². The number of amides is 9. The van der Waals surface area contributed by atoms with E-state index in [0.29, 0.717) is 147 Å². The first-order valence-corrected chi connectivity index (χ1v) is 32.2. The van der Waals surface area contributed by atoms with Gasteiger partial charge >= 0.3 is 0 Å². The minimum Gasteiger partial charge on any atom is -0.411 e. The van der Waals surface area contributed by atoms with Gasteiger partial charge < -0.3 is 103 Å². The Morgan fingerprint density at radius 3 is 0.956 bits per heavy atom. The number of carbonyl (C=O) groups excluding carboxylic acids is 9. The van der Waals surface area contributed by atoms with Crippen LogP contribution in [0.15, 0.2) is 10.3 Å². The molecule has 0 spiro atoms. The molecule has 31 nitrogen and oxygen atoms in total. The molecule has 0 radical (unpaired) electrons. The molecule has 0 rings (SSSR count). The van der Waals surface area contributed by atoms with Crippen molar-refractivity contribution in [2.75, 3.05) is 92.1 Å². The van der Waals surface area contributed by atoms with Crippen molar-refractivity contribution in [1.29, 1.82) is 0 Å². The number of carbonyl (C=O) groups is 9. The Morgan fingerprint density at radius 2 is 0.667 bits per heavy atom. The molecule has 31 heteroatoms. The standard InChI is InChI=1S/C59H118N20O11/c1-41(77-89)58(3,4)69-35-38-79(39-36-70-59(5,6)42(2)78-90)37-34-67-49(80)26-27-50(81)71-44(21-9-15-29-61)53(84)73-46(23-11-17-31-63)55(86)75-48(25-13-19-33-65)57(88)76-47(24-12-18-32-64)56(87)74-45(22-10-16-30-62)54(85)72-43(20-8-14-28-60)52(83)68-40-51(82)66-7/h43-48,69-70,89-90H,8-40,60-65H2,1-7H3,(H,66,82)(H,67,80)(H,68,83)(H,71,81)(H,72,85)(H,73,84)(H,74,87)(H,75,86)(H,76,88)/b77-41-,78-42-/t43-,44-,45-,46-,47-,48-/m0/s1. The maximum atomic E-state index is 14.4. The first-order valence-electron chi connectivity index (χ1n) is 32.2. The third-order valence-corrected chi connectivity index (χ3v) is 15.6. The van der Waals surface area contributed by atoms with Gasteiger partial charge in [0.15, 0.2) is 0 Å². The molecule has 9 amide bonds. The summed E-state index contributed by atoms with van der Waals surface area (Å²) in [4.78, 5) is 125. The van der Waals surface area contributed by atoms with Crippen LogP contribution in [-0.2, 0) is 43.2 Å². The number of rotatable bonds is 54. The molecular formula is C59H118N20O11. The van der Waals surface area contributed by atoms with E-state index in [1.807, 2.05) is 27.7 Å². The predicted octanol–water partition coefficient (Wildman–Crippen LogP) is -2.83.